The van der Waals surface area contributed by atoms with Gasteiger partial charge in [0, 0.05) is 12.8 Å². The molecule has 0 aliphatic carbocycles. The molecule has 0 heterocycles. The molecule has 0 aliphatic rings. The number of ether oxygens (including phenoxy) is 1. The molecule has 0 bridgehead atoms. The van der Waals surface area contributed by atoms with Gasteiger partial charge >= 0.3 is 5.97 Å². The molecular weight excluding hydrogens is 983 g/mol. The van der Waals surface area contributed by atoms with Gasteiger partial charge in [0.25, 0.3) is 0 Å². The summed E-state index contributed by atoms with van der Waals surface area (Å²) in [6.07, 6.45) is 88.1. The Morgan fingerprint density at radius 2 is 0.625 bits per heavy atom. The van der Waals surface area contributed by atoms with Crippen LogP contribution in [0.25, 0.3) is 0 Å². The van der Waals surface area contributed by atoms with Crippen molar-refractivity contribution in [3.05, 3.63) is 24.3 Å². The zero-order valence-corrected chi connectivity index (χ0v) is 54.3. The predicted molar refractivity (Wildman–Crippen MR) is 352 cm³/mol. The number of aliphatic hydroxyl groups excluding tert-OH is 2. The first-order valence-electron chi connectivity index (χ1n) is 36.6. The number of esters is 1. The fourth-order valence-corrected chi connectivity index (χ4v) is 11.7. The molecule has 0 saturated carbocycles. The van der Waals surface area contributed by atoms with Crippen LogP contribution in [-0.2, 0) is 14.3 Å². The van der Waals surface area contributed by atoms with Gasteiger partial charge in [-0.25, -0.2) is 0 Å². The molecule has 0 spiro atoms. The first-order chi connectivity index (χ1) is 39.5. The van der Waals surface area contributed by atoms with Crippen LogP contribution in [-0.4, -0.2) is 47.4 Å². The van der Waals surface area contributed by atoms with Gasteiger partial charge in [0.1, 0.15) is 0 Å². The predicted octanol–water partition coefficient (Wildman–Crippen LogP) is 23.7. The number of amides is 1. The molecule has 2 atom stereocenters. The molecule has 0 aromatic heterocycles. The van der Waals surface area contributed by atoms with E-state index in [2.05, 4.69) is 43.5 Å². The first kappa shape index (κ1) is 78.3. The lowest BCUT2D eigenvalue weighted by atomic mass is 10.0. The fraction of sp³-hybridized carbons (Fsp3) is 0.919. The summed E-state index contributed by atoms with van der Waals surface area (Å²) < 4.78 is 5.48. The normalized spacial score (nSPS) is 12.6. The Balaban J connectivity index is 3.40. The Kier molecular flexibility index (Phi) is 68.4. The number of unbranched alkanes of at least 4 members (excludes halogenated alkanes) is 54. The molecule has 0 radical (unpaired) electrons. The van der Waals surface area contributed by atoms with Crippen molar-refractivity contribution in [1.82, 2.24) is 5.32 Å². The highest BCUT2D eigenvalue weighted by molar-refractivity contribution is 5.76. The molecule has 0 rings (SSSR count). The quantitative estimate of drug-likeness (QED) is 0.0320. The van der Waals surface area contributed by atoms with Crippen LogP contribution in [0.4, 0.5) is 0 Å². The van der Waals surface area contributed by atoms with E-state index in [1.165, 1.54) is 334 Å². The Morgan fingerprint density at radius 1 is 0.350 bits per heavy atom. The fourth-order valence-electron chi connectivity index (χ4n) is 11.7. The maximum atomic E-state index is 12.5. The SMILES string of the molecule is CCCCCCCCCCCCCCCCCCCCCCCC(O)C(CO)NC(=O)CCCCCCCCCCCCCCC/C=C\C/C=C\CCCCCCCCCCCOC(=O)CCCCCCCCCCCCCCC. The third kappa shape index (κ3) is 65.5. The lowest BCUT2D eigenvalue weighted by Crippen LogP contribution is -2.45. The van der Waals surface area contributed by atoms with Crippen LogP contribution in [0.5, 0.6) is 0 Å². The average molecular weight is 1130 g/mol. The second-order valence-electron chi connectivity index (χ2n) is 25.3. The summed E-state index contributed by atoms with van der Waals surface area (Å²) >= 11 is 0. The van der Waals surface area contributed by atoms with E-state index in [1.807, 2.05) is 0 Å². The smallest absolute Gasteiger partial charge is 0.305 e. The number of carbonyl (C=O) groups excluding carboxylic acids is 2. The summed E-state index contributed by atoms with van der Waals surface area (Å²) in [5, 5.41) is 23.4. The molecule has 0 aliphatic heterocycles. The van der Waals surface area contributed by atoms with Crippen LogP contribution >= 0.6 is 0 Å². The summed E-state index contributed by atoms with van der Waals surface area (Å²) in [7, 11) is 0. The Labute approximate surface area is 501 Å². The topological polar surface area (TPSA) is 95.9 Å². The molecule has 474 valence electrons. The zero-order chi connectivity index (χ0) is 57.8. The van der Waals surface area contributed by atoms with Crippen molar-refractivity contribution < 1.29 is 24.5 Å². The van der Waals surface area contributed by atoms with Gasteiger partial charge in [-0.05, 0) is 57.8 Å². The van der Waals surface area contributed by atoms with Gasteiger partial charge in [-0.1, -0.05) is 366 Å². The number of hydrogen-bond acceptors (Lipinski definition) is 5. The molecule has 0 aromatic rings. The lowest BCUT2D eigenvalue weighted by molar-refractivity contribution is -0.143. The highest BCUT2D eigenvalue weighted by atomic mass is 16.5. The van der Waals surface area contributed by atoms with E-state index in [-0.39, 0.29) is 18.5 Å². The lowest BCUT2D eigenvalue weighted by Gasteiger charge is -2.22. The van der Waals surface area contributed by atoms with Gasteiger partial charge in [-0.3, -0.25) is 9.59 Å². The van der Waals surface area contributed by atoms with Gasteiger partial charge in [0.15, 0.2) is 0 Å². The minimum absolute atomic E-state index is 0.0144. The van der Waals surface area contributed by atoms with E-state index in [0.717, 1.165) is 44.9 Å². The molecule has 2 unspecified atom stereocenters. The molecule has 0 saturated heterocycles. The number of allylic oxidation sites excluding steroid dienone is 4. The van der Waals surface area contributed by atoms with E-state index in [9.17, 15) is 19.8 Å². The third-order valence-corrected chi connectivity index (χ3v) is 17.3. The Morgan fingerprint density at radius 3 is 0.950 bits per heavy atom. The van der Waals surface area contributed by atoms with Gasteiger partial charge in [0.05, 0.1) is 25.4 Å². The van der Waals surface area contributed by atoms with Gasteiger partial charge < -0.3 is 20.3 Å². The first-order valence-corrected chi connectivity index (χ1v) is 36.6. The number of aliphatic hydroxyl groups is 2. The summed E-state index contributed by atoms with van der Waals surface area (Å²) in [6, 6.07) is -0.543. The Bertz CT molecular complexity index is 1250. The zero-order valence-electron chi connectivity index (χ0n) is 54.3. The van der Waals surface area contributed by atoms with Crippen molar-refractivity contribution in [2.45, 2.75) is 424 Å². The van der Waals surface area contributed by atoms with Crippen LogP contribution in [0.3, 0.4) is 0 Å². The van der Waals surface area contributed by atoms with E-state index in [1.54, 1.807) is 0 Å². The second-order valence-corrected chi connectivity index (χ2v) is 25.3. The molecule has 1 amide bonds. The van der Waals surface area contributed by atoms with E-state index >= 15 is 0 Å². The van der Waals surface area contributed by atoms with E-state index in [4.69, 9.17) is 4.74 Å². The number of rotatable bonds is 69. The van der Waals surface area contributed by atoms with Crippen LogP contribution in [0.15, 0.2) is 24.3 Å². The minimum atomic E-state index is -0.666. The monoisotopic (exact) mass is 1130 g/mol. The Hall–Kier alpha value is -1.66. The highest BCUT2D eigenvalue weighted by Gasteiger charge is 2.20. The average Bonchev–Trinajstić information content (AvgIpc) is 3.46. The van der Waals surface area contributed by atoms with Gasteiger partial charge in [-0.2, -0.15) is 0 Å². The van der Waals surface area contributed by atoms with Crippen molar-refractivity contribution >= 4 is 11.9 Å². The molecule has 3 N–H and O–H groups in total. The molecular formula is C74H143NO5. The minimum Gasteiger partial charge on any atom is -0.466 e. The molecule has 0 aromatic carbocycles. The van der Waals surface area contributed by atoms with Crippen LogP contribution in [0.2, 0.25) is 0 Å². The summed E-state index contributed by atoms with van der Waals surface area (Å²) in [5.74, 6) is -0.0169. The number of carbonyl (C=O) groups is 2. The van der Waals surface area contributed by atoms with Gasteiger partial charge in [-0.15, -0.1) is 0 Å². The van der Waals surface area contributed by atoms with E-state index < -0.39 is 12.1 Å². The van der Waals surface area contributed by atoms with Crippen LogP contribution in [0, 0.1) is 0 Å². The molecule has 6 heteroatoms. The van der Waals surface area contributed by atoms with Crippen molar-refractivity contribution in [3.63, 3.8) is 0 Å². The maximum absolute atomic E-state index is 12.5. The molecule has 80 heavy (non-hydrogen) atoms. The van der Waals surface area contributed by atoms with Crippen molar-refractivity contribution in [2.24, 2.45) is 0 Å². The molecule has 0 fully saturated rings. The van der Waals surface area contributed by atoms with Gasteiger partial charge in [0.2, 0.25) is 5.91 Å². The standard InChI is InChI=1S/C74H143NO5/c1-3-5-7-9-11-13-15-17-18-19-20-30-33-36-39-43-46-50-54-58-62-66-72(77)71(70-76)75-73(78)67-63-59-55-51-47-44-40-37-34-31-28-26-24-22-21-23-25-27-29-32-35-38-41-45-49-53-57-61-65-69-80-74(79)68-64-60-56-52-48-42-16-14-12-10-8-6-4-2/h21,23,27,29,71-72,76-77H,3-20,22,24-26,28,30-70H2,1-2H3,(H,75,78)/b23-21-,29-27-. The largest absolute Gasteiger partial charge is 0.466 e. The summed E-state index contributed by atoms with van der Waals surface area (Å²) in [6.45, 7) is 4.99. The highest BCUT2D eigenvalue weighted by Crippen LogP contribution is 2.19. The van der Waals surface area contributed by atoms with Crippen molar-refractivity contribution in [3.8, 4) is 0 Å². The van der Waals surface area contributed by atoms with Crippen molar-refractivity contribution in [2.75, 3.05) is 13.2 Å². The molecule has 6 nitrogen and oxygen atoms in total. The number of hydrogen-bond donors (Lipinski definition) is 3. The summed E-state index contributed by atoms with van der Waals surface area (Å²) in [5.41, 5.74) is 0. The van der Waals surface area contributed by atoms with Crippen LogP contribution < -0.4 is 5.32 Å². The number of nitrogens with one attached hydrogen (secondary N) is 1. The van der Waals surface area contributed by atoms with E-state index in [0.29, 0.717) is 25.9 Å². The van der Waals surface area contributed by atoms with Crippen LogP contribution in [0.1, 0.15) is 412 Å². The maximum Gasteiger partial charge on any atom is 0.305 e. The van der Waals surface area contributed by atoms with Crippen molar-refractivity contribution in [1.29, 1.82) is 0 Å². The third-order valence-electron chi connectivity index (χ3n) is 17.3. The second kappa shape index (κ2) is 69.8. The summed E-state index contributed by atoms with van der Waals surface area (Å²) in [4.78, 5) is 24.6.